The van der Waals surface area contributed by atoms with Gasteiger partial charge >= 0.3 is 0 Å². The summed E-state index contributed by atoms with van der Waals surface area (Å²) < 4.78 is 13.9. The molecular formula is C11H9ClFNO2S. The number of rotatable bonds is 1. The number of anilines is 1. The van der Waals surface area contributed by atoms with Crippen molar-refractivity contribution in [2.24, 2.45) is 0 Å². The molecule has 1 aliphatic rings. The van der Waals surface area contributed by atoms with Gasteiger partial charge in [-0.05, 0) is 18.6 Å². The number of nitrogens with zero attached hydrogens (tertiary/aromatic N) is 1. The summed E-state index contributed by atoms with van der Waals surface area (Å²) in [6, 6.07) is 2.94. The molecule has 17 heavy (non-hydrogen) atoms. The average molecular weight is 274 g/mol. The third kappa shape index (κ3) is 1.93. The number of carbonyl (C=O) groups is 2. The lowest BCUT2D eigenvalue weighted by Crippen LogP contribution is -2.31. The van der Waals surface area contributed by atoms with E-state index in [-0.39, 0.29) is 17.1 Å². The number of amides is 2. The lowest BCUT2D eigenvalue weighted by Gasteiger charge is -2.16. The number of hydrogen-bond donors (Lipinski definition) is 1. The predicted octanol–water partition coefficient (Wildman–Crippen LogP) is 2.35. The Balaban J connectivity index is 2.52. The van der Waals surface area contributed by atoms with Crippen LogP contribution in [0.3, 0.4) is 0 Å². The first-order chi connectivity index (χ1) is 7.93. The van der Waals surface area contributed by atoms with Crippen LogP contribution in [0.4, 0.5) is 10.1 Å². The second-order valence-electron chi connectivity index (χ2n) is 3.82. The first kappa shape index (κ1) is 12.4. The molecule has 0 N–H and O–H groups in total. The van der Waals surface area contributed by atoms with E-state index in [0.29, 0.717) is 5.56 Å². The van der Waals surface area contributed by atoms with Gasteiger partial charge in [-0.1, -0.05) is 17.7 Å². The van der Waals surface area contributed by atoms with Crippen molar-refractivity contribution in [3.05, 3.63) is 28.5 Å². The summed E-state index contributed by atoms with van der Waals surface area (Å²) in [5, 5.41) is -0.785. The first-order valence-electron chi connectivity index (χ1n) is 4.93. The van der Waals surface area contributed by atoms with E-state index in [1.165, 1.54) is 6.07 Å². The van der Waals surface area contributed by atoms with Gasteiger partial charge in [0, 0.05) is 6.42 Å². The molecule has 0 aliphatic carbocycles. The van der Waals surface area contributed by atoms with Gasteiger partial charge in [0.15, 0.2) is 5.82 Å². The number of thiol groups is 1. The van der Waals surface area contributed by atoms with Crippen LogP contribution >= 0.6 is 24.2 Å². The molecule has 1 aromatic rings. The molecule has 90 valence electrons. The molecule has 1 aromatic carbocycles. The number of imide groups is 1. The summed E-state index contributed by atoms with van der Waals surface area (Å²) in [7, 11) is 0. The minimum absolute atomic E-state index is 0.0210. The molecule has 0 aromatic heterocycles. The van der Waals surface area contributed by atoms with E-state index < -0.39 is 22.9 Å². The fourth-order valence-electron chi connectivity index (χ4n) is 1.68. The minimum atomic E-state index is -0.754. The molecule has 0 bridgehead atoms. The number of benzene rings is 1. The van der Waals surface area contributed by atoms with Gasteiger partial charge in [0.2, 0.25) is 11.8 Å². The van der Waals surface area contributed by atoms with Crippen LogP contribution in [-0.4, -0.2) is 17.1 Å². The van der Waals surface area contributed by atoms with Crippen LogP contribution in [-0.2, 0) is 9.59 Å². The smallest absolute Gasteiger partial charge is 0.247 e. The summed E-state index contributed by atoms with van der Waals surface area (Å²) in [6.45, 7) is 1.64. The molecule has 2 rings (SSSR count). The summed E-state index contributed by atoms with van der Waals surface area (Å²) in [5.74, 6) is -1.73. The summed E-state index contributed by atoms with van der Waals surface area (Å²) in [4.78, 5) is 24.1. The van der Waals surface area contributed by atoms with Gasteiger partial charge in [-0.3, -0.25) is 9.59 Å². The van der Waals surface area contributed by atoms with Gasteiger partial charge in [0.25, 0.3) is 0 Å². The highest BCUT2D eigenvalue weighted by atomic mass is 35.5. The lowest BCUT2D eigenvalue weighted by molar-refractivity contribution is -0.121. The third-order valence-corrected chi connectivity index (χ3v) is 3.49. The zero-order valence-electron chi connectivity index (χ0n) is 8.91. The molecule has 1 aliphatic heterocycles. The third-order valence-electron chi connectivity index (χ3n) is 2.62. The molecule has 1 heterocycles. The average Bonchev–Trinajstić information content (AvgIpc) is 2.52. The summed E-state index contributed by atoms with van der Waals surface area (Å²) in [5.41, 5.74) is 0.446. The van der Waals surface area contributed by atoms with Gasteiger partial charge in [-0.15, -0.1) is 0 Å². The van der Waals surface area contributed by atoms with E-state index >= 15 is 0 Å². The second-order valence-corrected chi connectivity index (χ2v) is 4.82. The van der Waals surface area contributed by atoms with Gasteiger partial charge in [0.05, 0.1) is 16.0 Å². The second kappa shape index (κ2) is 4.31. The Kier molecular flexibility index (Phi) is 3.14. The van der Waals surface area contributed by atoms with Crippen molar-refractivity contribution in [2.75, 3.05) is 4.90 Å². The van der Waals surface area contributed by atoms with E-state index in [1.54, 1.807) is 13.0 Å². The zero-order chi connectivity index (χ0) is 12.7. The summed E-state index contributed by atoms with van der Waals surface area (Å²) >= 11 is 9.72. The molecule has 0 spiro atoms. The Morgan fingerprint density at radius 1 is 1.47 bits per heavy atom. The number of carbonyl (C=O) groups excluding carboxylic acids is 2. The van der Waals surface area contributed by atoms with Crippen LogP contribution in [0.1, 0.15) is 12.0 Å². The van der Waals surface area contributed by atoms with E-state index in [1.807, 2.05) is 0 Å². The van der Waals surface area contributed by atoms with Crippen LogP contribution in [0.15, 0.2) is 12.1 Å². The van der Waals surface area contributed by atoms with Gasteiger partial charge in [0.1, 0.15) is 0 Å². The Bertz CT molecular complexity index is 520. The highest BCUT2D eigenvalue weighted by Crippen LogP contribution is 2.32. The SMILES string of the molecule is Cc1ccc(N2C(=O)CC(S)C2=O)c(F)c1Cl. The lowest BCUT2D eigenvalue weighted by atomic mass is 10.2. The normalized spacial score (nSPS) is 20.2. The van der Waals surface area contributed by atoms with Crippen molar-refractivity contribution >= 4 is 41.7 Å². The molecule has 1 atom stereocenters. The Morgan fingerprint density at radius 3 is 2.65 bits per heavy atom. The minimum Gasteiger partial charge on any atom is -0.274 e. The van der Waals surface area contributed by atoms with Gasteiger partial charge in [-0.2, -0.15) is 12.6 Å². The standard InChI is InChI=1S/C11H9ClFNO2S/c1-5-2-3-6(10(13)9(5)12)14-8(15)4-7(17)11(14)16/h2-3,7,17H,4H2,1H3. The zero-order valence-corrected chi connectivity index (χ0v) is 10.6. The Morgan fingerprint density at radius 2 is 2.12 bits per heavy atom. The maximum atomic E-state index is 13.9. The van der Waals surface area contributed by atoms with Crippen molar-refractivity contribution in [3.63, 3.8) is 0 Å². The highest BCUT2D eigenvalue weighted by Gasteiger charge is 2.39. The van der Waals surface area contributed by atoms with Crippen molar-refractivity contribution in [1.82, 2.24) is 0 Å². The molecule has 2 amide bonds. The van der Waals surface area contributed by atoms with E-state index in [0.717, 1.165) is 4.90 Å². The van der Waals surface area contributed by atoms with Crippen LogP contribution in [0.2, 0.25) is 5.02 Å². The summed E-state index contributed by atoms with van der Waals surface area (Å²) in [6.07, 6.45) is -0.0210. The first-order valence-corrected chi connectivity index (χ1v) is 5.82. The number of aryl methyl sites for hydroxylation is 1. The predicted molar refractivity (Wildman–Crippen MR) is 66.0 cm³/mol. The van der Waals surface area contributed by atoms with Crippen LogP contribution in [0, 0.1) is 12.7 Å². The molecule has 0 saturated carbocycles. The van der Waals surface area contributed by atoms with Crippen molar-refractivity contribution in [2.45, 2.75) is 18.6 Å². The maximum absolute atomic E-state index is 13.9. The van der Waals surface area contributed by atoms with Gasteiger partial charge in [-0.25, -0.2) is 9.29 Å². The Hall–Kier alpha value is -1.07. The largest absolute Gasteiger partial charge is 0.274 e. The molecule has 1 fully saturated rings. The van der Waals surface area contributed by atoms with Crippen LogP contribution < -0.4 is 4.90 Å². The molecule has 1 saturated heterocycles. The topological polar surface area (TPSA) is 37.4 Å². The molecular weight excluding hydrogens is 265 g/mol. The maximum Gasteiger partial charge on any atom is 0.247 e. The van der Waals surface area contributed by atoms with Gasteiger partial charge < -0.3 is 0 Å². The number of halogens is 2. The fraction of sp³-hybridized carbons (Fsp3) is 0.273. The van der Waals surface area contributed by atoms with Crippen LogP contribution in [0.25, 0.3) is 0 Å². The van der Waals surface area contributed by atoms with Crippen molar-refractivity contribution in [1.29, 1.82) is 0 Å². The molecule has 3 nitrogen and oxygen atoms in total. The monoisotopic (exact) mass is 273 g/mol. The van der Waals surface area contributed by atoms with E-state index in [2.05, 4.69) is 12.6 Å². The van der Waals surface area contributed by atoms with Crippen molar-refractivity contribution < 1.29 is 14.0 Å². The van der Waals surface area contributed by atoms with Crippen molar-refractivity contribution in [3.8, 4) is 0 Å². The van der Waals surface area contributed by atoms with Crippen LogP contribution in [0.5, 0.6) is 0 Å². The Labute approximate surface area is 108 Å². The molecule has 6 heteroatoms. The van der Waals surface area contributed by atoms with E-state index in [9.17, 15) is 14.0 Å². The fourth-order valence-corrected chi connectivity index (χ4v) is 2.11. The highest BCUT2D eigenvalue weighted by molar-refractivity contribution is 7.82. The van der Waals surface area contributed by atoms with E-state index in [4.69, 9.17) is 11.6 Å². The number of hydrogen-bond acceptors (Lipinski definition) is 3. The quantitative estimate of drug-likeness (QED) is 0.630. The molecule has 0 radical (unpaired) electrons. The molecule has 1 unspecified atom stereocenters.